The third-order valence-electron chi connectivity index (χ3n) is 8.63. The van der Waals surface area contributed by atoms with Crippen molar-refractivity contribution in [2.24, 2.45) is 23.2 Å². The lowest BCUT2D eigenvalue weighted by Crippen LogP contribution is -2.61. The van der Waals surface area contributed by atoms with E-state index in [-0.39, 0.29) is 35.1 Å². The Morgan fingerprint density at radius 1 is 1.25 bits per heavy atom. The molecule has 1 aliphatic heterocycles. The number of carbonyl (C=O) groups excluding carboxylic acids is 1. The first-order valence-corrected chi connectivity index (χ1v) is 10.6. The SMILES string of the molecule is COc1ccc2c(c1)CCC1C2C(O)CC2(C)C(C3COC(=O)C3)CCC12O. The van der Waals surface area contributed by atoms with E-state index in [1.54, 1.807) is 7.11 Å². The van der Waals surface area contributed by atoms with Crippen molar-refractivity contribution in [3.05, 3.63) is 29.3 Å². The van der Waals surface area contributed by atoms with Gasteiger partial charge in [0.15, 0.2) is 0 Å². The number of ether oxygens (including phenoxy) is 2. The van der Waals surface area contributed by atoms with Crippen LogP contribution in [0.15, 0.2) is 18.2 Å². The van der Waals surface area contributed by atoms with Crippen molar-refractivity contribution in [1.29, 1.82) is 0 Å². The van der Waals surface area contributed by atoms with Crippen LogP contribution in [0.2, 0.25) is 0 Å². The maximum atomic E-state index is 12.0. The number of carbonyl (C=O) groups is 1. The molecule has 3 fully saturated rings. The Hall–Kier alpha value is -1.59. The summed E-state index contributed by atoms with van der Waals surface area (Å²) in [5.74, 6) is 1.11. The zero-order valence-corrected chi connectivity index (χ0v) is 16.7. The predicted molar refractivity (Wildman–Crippen MR) is 103 cm³/mol. The van der Waals surface area contributed by atoms with Crippen molar-refractivity contribution in [1.82, 2.24) is 0 Å². The van der Waals surface area contributed by atoms with E-state index in [1.807, 2.05) is 6.07 Å². The molecular weight excluding hydrogens is 356 g/mol. The van der Waals surface area contributed by atoms with Gasteiger partial charge in [0.1, 0.15) is 5.75 Å². The van der Waals surface area contributed by atoms with Gasteiger partial charge in [0.05, 0.1) is 31.8 Å². The molecule has 5 nitrogen and oxygen atoms in total. The number of esters is 1. The zero-order valence-electron chi connectivity index (χ0n) is 16.7. The second-order valence-corrected chi connectivity index (χ2v) is 9.64. The third-order valence-corrected chi connectivity index (χ3v) is 8.63. The van der Waals surface area contributed by atoms with E-state index in [4.69, 9.17) is 9.47 Å². The molecule has 0 radical (unpaired) electrons. The predicted octanol–water partition coefficient (Wildman–Crippen LogP) is 2.82. The molecule has 28 heavy (non-hydrogen) atoms. The summed E-state index contributed by atoms with van der Waals surface area (Å²) < 4.78 is 10.6. The van der Waals surface area contributed by atoms with Crippen LogP contribution in [0.25, 0.3) is 0 Å². The second kappa shape index (κ2) is 6.20. The molecule has 2 saturated carbocycles. The zero-order chi connectivity index (χ0) is 19.7. The molecule has 0 bridgehead atoms. The lowest BCUT2D eigenvalue weighted by molar-refractivity contribution is -0.184. The van der Waals surface area contributed by atoms with Gasteiger partial charge in [0.25, 0.3) is 0 Å². The van der Waals surface area contributed by atoms with Crippen LogP contribution in [0, 0.1) is 23.2 Å². The Balaban J connectivity index is 1.51. The Kier molecular flexibility index (Phi) is 4.08. The number of aliphatic hydroxyl groups is 2. The Bertz CT molecular complexity index is 806. The Morgan fingerprint density at radius 2 is 2.07 bits per heavy atom. The van der Waals surface area contributed by atoms with E-state index in [9.17, 15) is 15.0 Å². The largest absolute Gasteiger partial charge is 0.497 e. The maximum absolute atomic E-state index is 12.0. The minimum Gasteiger partial charge on any atom is -0.497 e. The normalized spacial score (nSPS) is 44.4. The minimum atomic E-state index is -0.801. The number of aliphatic hydroxyl groups excluding tert-OH is 1. The number of methoxy groups -OCH3 is 1. The smallest absolute Gasteiger partial charge is 0.306 e. The van der Waals surface area contributed by atoms with Crippen LogP contribution in [0.1, 0.15) is 56.1 Å². The molecule has 1 aromatic carbocycles. The van der Waals surface area contributed by atoms with Gasteiger partial charge in [0.2, 0.25) is 0 Å². The van der Waals surface area contributed by atoms with Crippen molar-refractivity contribution in [2.75, 3.05) is 13.7 Å². The molecule has 1 heterocycles. The quantitative estimate of drug-likeness (QED) is 0.765. The lowest BCUT2D eigenvalue weighted by Gasteiger charge is -2.58. The van der Waals surface area contributed by atoms with E-state index in [0.717, 1.165) is 31.4 Å². The summed E-state index contributed by atoms with van der Waals surface area (Å²) in [4.78, 5) is 11.7. The lowest BCUT2D eigenvalue weighted by atomic mass is 9.50. The van der Waals surface area contributed by atoms with Gasteiger partial charge < -0.3 is 19.7 Å². The molecule has 1 aromatic rings. The molecular formula is C23H30O5. The van der Waals surface area contributed by atoms with Gasteiger partial charge in [-0.25, -0.2) is 0 Å². The summed E-state index contributed by atoms with van der Waals surface area (Å²) in [6.45, 7) is 2.61. The Morgan fingerprint density at radius 3 is 2.79 bits per heavy atom. The van der Waals surface area contributed by atoms with Crippen LogP contribution in [-0.2, 0) is 16.0 Å². The van der Waals surface area contributed by atoms with Gasteiger partial charge in [-0.15, -0.1) is 0 Å². The molecule has 0 aromatic heterocycles. The van der Waals surface area contributed by atoms with Gasteiger partial charge in [0, 0.05) is 17.3 Å². The van der Waals surface area contributed by atoms with E-state index < -0.39 is 11.7 Å². The number of aryl methyl sites for hydroxylation is 1. The first kappa shape index (κ1) is 18.4. The van der Waals surface area contributed by atoms with Crippen molar-refractivity contribution in [3.8, 4) is 5.75 Å². The number of cyclic esters (lactones) is 1. The van der Waals surface area contributed by atoms with Crippen LogP contribution < -0.4 is 4.74 Å². The van der Waals surface area contributed by atoms with Gasteiger partial charge in [-0.1, -0.05) is 13.0 Å². The van der Waals surface area contributed by atoms with Gasteiger partial charge in [-0.05, 0) is 67.2 Å². The molecule has 0 spiro atoms. The fourth-order valence-electron chi connectivity index (χ4n) is 7.31. The van der Waals surface area contributed by atoms with Crippen molar-refractivity contribution >= 4 is 5.97 Å². The molecule has 7 atom stereocenters. The van der Waals surface area contributed by atoms with E-state index in [2.05, 4.69) is 19.1 Å². The first-order chi connectivity index (χ1) is 13.4. The van der Waals surface area contributed by atoms with Crippen molar-refractivity contribution < 1.29 is 24.5 Å². The minimum absolute atomic E-state index is 0.0343. The molecule has 4 aliphatic rings. The topological polar surface area (TPSA) is 76.0 Å². The molecule has 2 N–H and O–H groups in total. The van der Waals surface area contributed by atoms with Gasteiger partial charge >= 0.3 is 5.97 Å². The van der Waals surface area contributed by atoms with E-state index >= 15 is 0 Å². The van der Waals surface area contributed by atoms with Crippen LogP contribution >= 0.6 is 0 Å². The van der Waals surface area contributed by atoms with Crippen LogP contribution in [-0.4, -0.2) is 41.6 Å². The average Bonchev–Trinajstić information content (AvgIpc) is 3.21. The standard InChI is InChI=1S/C23H30O5/c1-22-11-19(24)21-16-5-4-15(27-2)9-13(16)3-6-18(21)23(22,26)8-7-17(22)14-10-20(25)28-12-14/h4-5,9,14,17-19,21,24,26H,3,6-8,10-12H2,1-2H3. The molecule has 1 saturated heterocycles. The molecule has 0 amide bonds. The van der Waals surface area contributed by atoms with Crippen molar-refractivity contribution in [3.63, 3.8) is 0 Å². The van der Waals surface area contributed by atoms with Crippen LogP contribution in [0.4, 0.5) is 0 Å². The monoisotopic (exact) mass is 386 g/mol. The highest BCUT2D eigenvalue weighted by Crippen LogP contribution is 2.66. The van der Waals surface area contributed by atoms with Crippen molar-refractivity contribution in [2.45, 2.75) is 63.1 Å². The van der Waals surface area contributed by atoms with Crippen LogP contribution in [0.5, 0.6) is 5.75 Å². The summed E-state index contributed by atoms with van der Waals surface area (Å²) in [5.41, 5.74) is 1.22. The molecule has 5 heteroatoms. The highest BCUT2D eigenvalue weighted by atomic mass is 16.5. The molecule has 152 valence electrons. The fourth-order valence-corrected chi connectivity index (χ4v) is 7.31. The number of hydrogen-bond acceptors (Lipinski definition) is 5. The first-order valence-electron chi connectivity index (χ1n) is 10.6. The van der Waals surface area contributed by atoms with E-state index in [0.29, 0.717) is 19.4 Å². The van der Waals surface area contributed by atoms with Gasteiger partial charge in [-0.3, -0.25) is 4.79 Å². The molecule has 3 aliphatic carbocycles. The Labute approximate surface area is 166 Å². The second-order valence-electron chi connectivity index (χ2n) is 9.64. The highest BCUT2D eigenvalue weighted by Gasteiger charge is 2.67. The summed E-state index contributed by atoms with van der Waals surface area (Å²) in [6, 6.07) is 6.12. The highest BCUT2D eigenvalue weighted by molar-refractivity contribution is 5.71. The average molecular weight is 386 g/mol. The fraction of sp³-hybridized carbons (Fsp3) is 0.696. The number of fused-ring (bicyclic) bond motifs is 5. The molecule has 7 unspecified atom stereocenters. The third kappa shape index (κ3) is 2.35. The summed E-state index contributed by atoms with van der Waals surface area (Å²) >= 11 is 0. The summed E-state index contributed by atoms with van der Waals surface area (Å²) in [7, 11) is 1.67. The van der Waals surface area contributed by atoms with Crippen LogP contribution in [0.3, 0.4) is 0 Å². The number of benzene rings is 1. The van der Waals surface area contributed by atoms with Gasteiger partial charge in [-0.2, -0.15) is 0 Å². The molecule has 5 rings (SSSR count). The number of hydrogen-bond donors (Lipinski definition) is 2. The summed E-state index contributed by atoms with van der Waals surface area (Å²) in [5, 5.41) is 23.3. The maximum Gasteiger partial charge on any atom is 0.306 e. The summed E-state index contributed by atoms with van der Waals surface area (Å²) in [6.07, 6.45) is 3.96. The van der Waals surface area contributed by atoms with E-state index in [1.165, 1.54) is 11.1 Å². The number of rotatable bonds is 2.